The second kappa shape index (κ2) is 6.51. The number of anilines is 1. The largest absolute Gasteiger partial charge is 0.451 e. The summed E-state index contributed by atoms with van der Waals surface area (Å²) in [7, 11) is 0. The molecule has 104 valence electrons. The standard InChI is InChI=1S/C14H15N3O3/c1-2-10-3-5-11(6-4-10)16-13(18)9-20-14(19)12-7-8-15-17-12/h3-8H,2,9H2,1H3,(H,15,17)(H,16,18). The molecule has 0 radical (unpaired) electrons. The molecule has 20 heavy (non-hydrogen) atoms. The van der Waals surface area contributed by atoms with E-state index in [-0.39, 0.29) is 18.2 Å². The van der Waals surface area contributed by atoms with Crippen LogP contribution in [0.5, 0.6) is 0 Å². The molecule has 0 fully saturated rings. The number of aryl methyl sites for hydroxylation is 1. The van der Waals surface area contributed by atoms with Gasteiger partial charge in [0, 0.05) is 11.9 Å². The van der Waals surface area contributed by atoms with Crippen LogP contribution < -0.4 is 5.32 Å². The lowest BCUT2D eigenvalue weighted by atomic mass is 10.1. The van der Waals surface area contributed by atoms with E-state index in [2.05, 4.69) is 22.4 Å². The number of benzene rings is 1. The number of aromatic nitrogens is 2. The van der Waals surface area contributed by atoms with Gasteiger partial charge in [0.15, 0.2) is 6.61 Å². The minimum absolute atomic E-state index is 0.213. The molecule has 0 saturated heterocycles. The van der Waals surface area contributed by atoms with Gasteiger partial charge < -0.3 is 10.1 Å². The average Bonchev–Trinajstić information content (AvgIpc) is 3.00. The zero-order valence-corrected chi connectivity index (χ0v) is 11.1. The van der Waals surface area contributed by atoms with Crippen molar-refractivity contribution in [1.82, 2.24) is 10.2 Å². The summed E-state index contributed by atoms with van der Waals surface area (Å²) in [6, 6.07) is 8.98. The van der Waals surface area contributed by atoms with Crippen LogP contribution in [0.4, 0.5) is 5.69 Å². The lowest BCUT2D eigenvalue weighted by Crippen LogP contribution is -2.21. The Balaban J connectivity index is 1.81. The number of amides is 1. The summed E-state index contributed by atoms with van der Waals surface area (Å²) in [6.45, 7) is 1.72. The first-order valence-corrected chi connectivity index (χ1v) is 6.24. The lowest BCUT2D eigenvalue weighted by Gasteiger charge is -2.06. The number of rotatable bonds is 5. The van der Waals surface area contributed by atoms with Gasteiger partial charge in [0.25, 0.3) is 5.91 Å². The summed E-state index contributed by atoms with van der Waals surface area (Å²) < 4.78 is 4.84. The monoisotopic (exact) mass is 273 g/mol. The van der Waals surface area contributed by atoms with Crippen molar-refractivity contribution in [3.63, 3.8) is 0 Å². The molecular weight excluding hydrogens is 258 g/mol. The van der Waals surface area contributed by atoms with E-state index in [1.54, 1.807) is 0 Å². The Hall–Kier alpha value is -2.63. The Bertz CT molecular complexity index is 576. The number of nitrogens with one attached hydrogen (secondary N) is 2. The second-order valence-electron chi connectivity index (χ2n) is 4.15. The van der Waals surface area contributed by atoms with Gasteiger partial charge in [0.2, 0.25) is 0 Å². The van der Waals surface area contributed by atoms with Crippen LogP contribution in [-0.4, -0.2) is 28.7 Å². The highest BCUT2D eigenvalue weighted by Crippen LogP contribution is 2.09. The highest BCUT2D eigenvalue weighted by atomic mass is 16.5. The van der Waals surface area contributed by atoms with Gasteiger partial charge in [0.05, 0.1) is 0 Å². The van der Waals surface area contributed by atoms with Gasteiger partial charge in [-0.25, -0.2) is 4.79 Å². The first kappa shape index (κ1) is 13.8. The molecule has 1 heterocycles. The zero-order chi connectivity index (χ0) is 14.4. The van der Waals surface area contributed by atoms with Crippen molar-refractivity contribution in [2.45, 2.75) is 13.3 Å². The maximum absolute atomic E-state index is 11.6. The fourth-order valence-electron chi connectivity index (χ4n) is 1.60. The van der Waals surface area contributed by atoms with Crippen molar-refractivity contribution in [1.29, 1.82) is 0 Å². The fraction of sp³-hybridized carbons (Fsp3) is 0.214. The number of esters is 1. The average molecular weight is 273 g/mol. The molecule has 1 aromatic heterocycles. The summed E-state index contributed by atoms with van der Waals surface area (Å²) in [4.78, 5) is 23.1. The number of ether oxygens (including phenoxy) is 1. The minimum atomic E-state index is -0.612. The molecule has 0 aliphatic rings. The van der Waals surface area contributed by atoms with Gasteiger partial charge in [-0.1, -0.05) is 19.1 Å². The van der Waals surface area contributed by atoms with Gasteiger partial charge in [-0.05, 0) is 30.2 Å². The summed E-state index contributed by atoms with van der Waals surface area (Å²) in [5, 5.41) is 8.75. The van der Waals surface area contributed by atoms with E-state index in [1.807, 2.05) is 24.3 Å². The normalized spacial score (nSPS) is 10.1. The second-order valence-corrected chi connectivity index (χ2v) is 4.15. The molecule has 0 saturated carbocycles. The molecule has 0 aliphatic heterocycles. The highest BCUT2D eigenvalue weighted by Gasteiger charge is 2.11. The molecule has 6 heteroatoms. The molecule has 2 rings (SSSR count). The summed E-state index contributed by atoms with van der Waals surface area (Å²) in [5.41, 5.74) is 2.07. The Morgan fingerprint density at radius 2 is 2.00 bits per heavy atom. The SMILES string of the molecule is CCc1ccc(NC(=O)COC(=O)c2ccn[nH]2)cc1. The van der Waals surface area contributed by atoms with E-state index < -0.39 is 5.97 Å². The van der Waals surface area contributed by atoms with Crippen LogP contribution in [0, 0.1) is 0 Å². The predicted octanol–water partition coefficient (Wildman–Crippen LogP) is 1.77. The van der Waals surface area contributed by atoms with Gasteiger partial charge in [-0.2, -0.15) is 5.10 Å². The summed E-state index contributed by atoms with van der Waals surface area (Å²) >= 11 is 0. The molecule has 0 unspecified atom stereocenters. The molecule has 2 aromatic rings. The predicted molar refractivity (Wildman–Crippen MR) is 73.3 cm³/mol. The third-order valence-corrected chi connectivity index (χ3v) is 2.70. The van der Waals surface area contributed by atoms with E-state index in [4.69, 9.17) is 4.74 Å². The molecule has 1 amide bonds. The maximum Gasteiger partial charge on any atom is 0.356 e. The van der Waals surface area contributed by atoms with Crippen LogP contribution >= 0.6 is 0 Å². The van der Waals surface area contributed by atoms with E-state index in [0.29, 0.717) is 5.69 Å². The number of aromatic amines is 1. The van der Waals surface area contributed by atoms with E-state index >= 15 is 0 Å². The van der Waals surface area contributed by atoms with Gasteiger partial charge >= 0.3 is 5.97 Å². The number of H-pyrrole nitrogens is 1. The molecule has 0 aliphatic carbocycles. The van der Waals surface area contributed by atoms with E-state index in [9.17, 15) is 9.59 Å². The molecule has 0 atom stereocenters. The fourth-order valence-corrected chi connectivity index (χ4v) is 1.60. The van der Waals surface area contributed by atoms with Crippen LogP contribution in [0.15, 0.2) is 36.5 Å². The van der Waals surface area contributed by atoms with Crippen LogP contribution in [0.2, 0.25) is 0 Å². The lowest BCUT2D eigenvalue weighted by molar-refractivity contribution is -0.119. The molecule has 6 nitrogen and oxygen atoms in total. The summed E-state index contributed by atoms with van der Waals surface area (Å²) in [6.07, 6.45) is 2.38. The maximum atomic E-state index is 11.6. The zero-order valence-electron chi connectivity index (χ0n) is 11.1. The molecule has 0 bridgehead atoms. The van der Waals surface area contributed by atoms with Crippen molar-refractivity contribution in [3.8, 4) is 0 Å². The van der Waals surface area contributed by atoms with Crippen LogP contribution in [0.25, 0.3) is 0 Å². The minimum Gasteiger partial charge on any atom is -0.451 e. The van der Waals surface area contributed by atoms with Crippen molar-refractivity contribution < 1.29 is 14.3 Å². The first-order valence-electron chi connectivity index (χ1n) is 6.24. The van der Waals surface area contributed by atoms with E-state index in [0.717, 1.165) is 6.42 Å². The summed E-state index contributed by atoms with van der Waals surface area (Å²) in [5.74, 6) is -0.999. The number of hydrogen-bond acceptors (Lipinski definition) is 4. The smallest absolute Gasteiger partial charge is 0.356 e. The van der Waals surface area contributed by atoms with Crippen molar-refractivity contribution in [2.75, 3.05) is 11.9 Å². The Morgan fingerprint density at radius 3 is 2.60 bits per heavy atom. The molecular formula is C14H15N3O3. The first-order chi connectivity index (χ1) is 9.69. The Kier molecular flexibility index (Phi) is 4.49. The number of carbonyl (C=O) groups is 2. The Labute approximate surface area is 116 Å². The number of hydrogen-bond donors (Lipinski definition) is 2. The number of nitrogens with zero attached hydrogens (tertiary/aromatic N) is 1. The quantitative estimate of drug-likeness (QED) is 0.813. The van der Waals surface area contributed by atoms with Crippen molar-refractivity contribution in [2.24, 2.45) is 0 Å². The highest BCUT2D eigenvalue weighted by molar-refractivity contribution is 5.94. The van der Waals surface area contributed by atoms with Gasteiger partial charge in [-0.15, -0.1) is 0 Å². The van der Waals surface area contributed by atoms with Crippen molar-refractivity contribution in [3.05, 3.63) is 47.8 Å². The van der Waals surface area contributed by atoms with Crippen LogP contribution in [0.1, 0.15) is 23.0 Å². The van der Waals surface area contributed by atoms with Gasteiger partial charge in [0.1, 0.15) is 5.69 Å². The molecule has 2 N–H and O–H groups in total. The Morgan fingerprint density at radius 1 is 1.25 bits per heavy atom. The molecule has 1 aromatic carbocycles. The molecule has 0 spiro atoms. The topological polar surface area (TPSA) is 84.1 Å². The third kappa shape index (κ3) is 3.68. The third-order valence-electron chi connectivity index (χ3n) is 2.70. The van der Waals surface area contributed by atoms with Crippen LogP contribution in [0.3, 0.4) is 0 Å². The number of carbonyl (C=O) groups excluding carboxylic acids is 2. The van der Waals surface area contributed by atoms with Crippen LogP contribution in [-0.2, 0) is 16.0 Å². The van der Waals surface area contributed by atoms with E-state index in [1.165, 1.54) is 17.8 Å². The van der Waals surface area contributed by atoms with Crippen molar-refractivity contribution >= 4 is 17.6 Å². The van der Waals surface area contributed by atoms with Gasteiger partial charge in [-0.3, -0.25) is 9.89 Å².